The fourth-order valence-electron chi connectivity index (χ4n) is 21.0. The second kappa shape index (κ2) is 19.7. The molecule has 0 spiro atoms. The number of hydrogen-bond acceptors (Lipinski definition) is 16. The molecule has 20 nitrogen and oxygen atoms in total. The zero-order chi connectivity index (χ0) is 57.3. The summed E-state index contributed by atoms with van der Waals surface area (Å²) in [5.74, 6) is -1.27. The number of aliphatic hydroxyl groups is 3. The maximum Gasteiger partial charge on any atom is 0.397 e. The molecule has 23 atom stereocenters. The summed E-state index contributed by atoms with van der Waals surface area (Å²) >= 11 is 0. The van der Waals surface area contributed by atoms with Gasteiger partial charge in [-0.15, -0.1) is 0 Å². The quantitative estimate of drug-likeness (QED) is 0.0651. The first-order valence-electron chi connectivity index (χ1n) is 28.5. The molecule has 6 saturated carbocycles. The van der Waals surface area contributed by atoms with Crippen LogP contribution in [0.25, 0.3) is 0 Å². The molecule has 78 heavy (non-hydrogen) atoms. The average Bonchev–Trinajstić information content (AvgIpc) is 4.08. The lowest BCUT2D eigenvalue weighted by Crippen LogP contribution is -2.59. The van der Waals surface area contributed by atoms with Gasteiger partial charge in [0.25, 0.3) is 0 Å². The van der Waals surface area contributed by atoms with Gasteiger partial charge in [0.2, 0.25) is 0 Å². The minimum absolute atomic E-state index is 0.00383. The zero-order valence-corrected chi connectivity index (χ0v) is 49.7. The molecule has 0 aromatic rings. The van der Waals surface area contributed by atoms with Crippen molar-refractivity contribution in [2.24, 2.45) is 86.3 Å². The summed E-state index contributed by atoms with van der Waals surface area (Å²) in [5.41, 5.74) is 0.926. The van der Waals surface area contributed by atoms with Crippen LogP contribution in [0, 0.1) is 86.3 Å². The van der Waals surface area contributed by atoms with Gasteiger partial charge >= 0.3 is 41.6 Å². The molecular weight excluding hydrogens is 1100 g/mol. The zero-order valence-electron chi connectivity index (χ0n) is 46.5. The molecule has 7 N–H and O–H groups in total. The summed E-state index contributed by atoms with van der Waals surface area (Å²) in [6.07, 6.45) is 1.38. The number of ether oxygens (including phenoxy) is 1. The third kappa shape index (κ3) is 10.3. The molecule has 10 aliphatic rings. The highest BCUT2D eigenvalue weighted by atomic mass is 32.3. The molecule has 1 saturated heterocycles. The Kier molecular flexibility index (Phi) is 15.1. The number of hydrogen-bond donors (Lipinski definition) is 7. The van der Waals surface area contributed by atoms with Crippen molar-refractivity contribution >= 4 is 41.6 Å². The predicted octanol–water partition coefficient (Wildman–Crippen LogP) is 7.58. The molecule has 0 unspecified atom stereocenters. The second-order valence-electron chi connectivity index (χ2n) is 28.3. The van der Waals surface area contributed by atoms with E-state index in [-0.39, 0.29) is 95.9 Å². The molecule has 0 aromatic carbocycles. The van der Waals surface area contributed by atoms with Gasteiger partial charge in [0.15, 0.2) is 0 Å². The van der Waals surface area contributed by atoms with Crippen LogP contribution in [0.4, 0.5) is 0 Å². The van der Waals surface area contributed by atoms with E-state index in [9.17, 15) is 67.2 Å². The van der Waals surface area contributed by atoms with E-state index in [4.69, 9.17) is 21.5 Å². The van der Waals surface area contributed by atoms with Crippen molar-refractivity contribution in [3.05, 3.63) is 22.3 Å². The summed E-state index contributed by atoms with van der Waals surface area (Å²) in [6.45, 7) is 19.2. The van der Waals surface area contributed by atoms with Crippen LogP contribution in [0.1, 0.15) is 171 Å². The Morgan fingerprint density at radius 3 is 1.82 bits per heavy atom. The third-order valence-electron chi connectivity index (χ3n) is 23.9. The van der Waals surface area contributed by atoms with E-state index in [0.717, 1.165) is 61.7 Å². The first-order valence-corrected chi connectivity index (χ1v) is 34.0. The van der Waals surface area contributed by atoms with Crippen LogP contribution in [-0.4, -0.2) is 122 Å². The third-order valence-corrected chi connectivity index (χ3v) is 25.9. The monoisotopic (exact) mass is 1180 g/mol. The molecule has 446 valence electrons. The van der Waals surface area contributed by atoms with Crippen molar-refractivity contribution in [3.8, 4) is 0 Å². The molecule has 10 rings (SSSR count). The fraction of sp³-hybridized carbons (Fsp3) is 0.926. The van der Waals surface area contributed by atoms with E-state index in [2.05, 4.69) is 41.5 Å². The summed E-state index contributed by atoms with van der Waals surface area (Å²) in [4.78, 5) is 0. The summed E-state index contributed by atoms with van der Waals surface area (Å²) in [5, 5.41) is 35.0. The Balaban J connectivity index is 0.881. The Morgan fingerprint density at radius 2 is 1.19 bits per heavy atom. The number of fused-ring (bicyclic) bond motifs is 10. The van der Waals surface area contributed by atoms with Crippen molar-refractivity contribution in [1.29, 1.82) is 0 Å². The lowest BCUT2D eigenvalue weighted by Gasteiger charge is -2.59. The topological polar surface area (TPSA) is 324 Å². The maximum absolute atomic E-state index is 12.6. The van der Waals surface area contributed by atoms with Crippen molar-refractivity contribution in [2.75, 3.05) is 0 Å². The van der Waals surface area contributed by atoms with Crippen LogP contribution < -0.4 is 0 Å². The first-order chi connectivity index (χ1) is 35.7. The average molecular weight is 1180 g/mol. The van der Waals surface area contributed by atoms with Gasteiger partial charge in [-0.1, -0.05) is 84.6 Å². The van der Waals surface area contributed by atoms with E-state index in [0.29, 0.717) is 32.1 Å². The Hall–Kier alpha value is -1.20. The predicted molar refractivity (Wildman–Crippen MR) is 282 cm³/mol. The molecular formula is C54H86O20S4. The van der Waals surface area contributed by atoms with Crippen LogP contribution >= 0.6 is 0 Å². The Labute approximate surface area is 462 Å². The lowest BCUT2D eigenvalue weighted by atomic mass is 9.47. The normalized spacial score (nSPS) is 48.1. The van der Waals surface area contributed by atoms with Crippen LogP contribution in [0.15, 0.2) is 22.3 Å². The summed E-state index contributed by atoms with van der Waals surface area (Å²) < 4.78 is 165. The molecule has 2 bridgehead atoms. The lowest BCUT2D eigenvalue weighted by molar-refractivity contribution is -0.198. The van der Waals surface area contributed by atoms with Crippen LogP contribution in [0.5, 0.6) is 0 Å². The highest BCUT2D eigenvalue weighted by molar-refractivity contribution is 7.81. The van der Waals surface area contributed by atoms with Crippen molar-refractivity contribution in [3.63, 3.8) is 0 Å². The van der Waals surface area contributed by atoms with Gasteiger partial charge in [-0.2, -0.15) is 33.7 Å². The Morgan fingerprint density at radius 1 is 0.628 bits per heavy atom. The largest absolute Gasteiger partial charge is 0.397 e. The molecule has 1 heterocycles. The van der Waals surface area contributed by atoms with Crippen molar-refractivity contribution in [1.82, 2.24) is 0 Å². The molecule has 9 aliphatic carbocycles. The minimum Gasteiger partial charge on any atom is -0.390 e. The fourth-order valence-corrected chi connectivity index (χ4v) is 23.0. The van der Waals surface area contributed by atoms with E-state index < -0.39 is 119 Å². The summed E-state index contributed by atoms with van der Waals surface area (Å²) in [6, 6.07) is 0. The number of allylic oxidation sites excluding steroid dienone is 2. The van der Waals surface area contributed by atoms with Gasteiger partial charge < -0.3 is 20.1 Å². The smallest absolute Gasteiger partial charge is 0.390 e. The number of rotatable bonds is 14. The van der Waals surface area contributed by atoms with E-state index in [1.807, 2.05) is 13.8 Å². The van der Waals surface area contributed by atoms with Gasteiger partial charge in [-0.25, -0.2) is 16.7 Å². The van der Waals surface area contributed by atoms with Gasteiger partial charge in [-0.3, -0.25) is 18.2 Å². The molecule has 1 aliphatic heterocycles. The second-order valence-corrected chi connectivity index (χ2v) is 32.5. The van der Waals surface area contributed by atoms with Crippen LogP contribution in [-0.2, 0) is 63.1 Å². The van der Waals surface area contributed by atoms with Gasteiger partial charge in [-0.05, 0) is 189 Å². The highest BCUT2D eigenvalue weighted by Crippen LogP contribution is 2.70. The van der Waals surface area contributed by atoms with Gasteiger partial charge in [0, 0.05) is 5.92 Å². The van der Waals surface area contributed by atoms with E-state index in [1.165, 1.54) is 5.57 Å². The molecule has 0 radical (unpaired) electrons. The standard InChI is InChI=1S/C54H86O20S4/c1-27(32-11-13-34-30-20-41(71-75(58,59)60)38-22-40(55)43(73-77(64,65)66)24-52(38,8)36(30)16-18-50(32,34)6)10-15-45-54(57)23-39(49(4,5)26-54)48(70-45)28(2)33-12-14-35-31-21-42(72-76(61,62)63)46-29(3)47(56)44(74-78(67,68)69)25-53(46,9)37(31)17-19-51(33,35)7/h27-29,32-33,35-36,38-48,55-57H,10-26H2,1-9H3,(H,58,59,60)(H,61,62,63)(H,64,65,66)(H,67,68,69)/t27-,28+,29-,32-,33-,35-,36+,38+,39+,40-,41+,42+,43+,44+,45+,46+,47-,48+,50-,51-,52-,53-,54-/m1/s1. The van der Waals surface area contributed by atoms with Crippen LogP contribution in [0.2, 0.25) is 0 Å². The minimum atomic E-state index is -4.95. The highest BCUT2D eigenvalue weighted by Gasteiger charge is 2.66. The molecule has 7 fully saturated rings. The Bertz CT molecular complexity index is 2910. The SMILES string of the molecule is C[C@H]([C@@H]1O[C@@H](CC[C@@H](C)[C@H]2CCC3=C4C[C@H](OS(=O)(=O)O)[C@@H]5C[C@@H](O)[C@@H](OS(=O)(=O)O)C[C@]5(C)[C@H]4CC[C@@]32C)[C@@]2(O)C[C@@H]1C(C)(C)C2)[C@H]1CC[C@@H]2C3=C(CC[C@@]21C)[C@@]1(C)C[C@H](OS(=O)(=O)O)[C@H](O)[C@H](C)[C@H]1[C@@H](OS(=O)(=O)O)C3. The van der Waals surface area contributed by atoms with Crippen LogP contribution in [0.3, 0.4) is 0 Å². The van der Waals surface area contributed by atoms with Gasteiger partial charge in [0.05, 0.1) is 42.2 Å². The maximum atomic E-state index is 12.6. The van der Waals surface area contributed by atoms with E-state index in [1.54, 1.807) is 6.92 Å². The van der Waals surface area contributed by atoms with Crippen molar-refractivity contribution < 1.29 is 88.7 Å². The number of aliphatic hydroxyl groups excluding tert-OH is 2. The molecule has 0 amide bonds. The summed E-state index contributed by atoms with van der Waals surface area (Å²) in [7, 11) is -19.7. The molecule has 24 heteroatoms. The first kappa shape index (κ1) is 59.9. The van der Waals surface area contributed by atoms with Gasteiger partial charge in [0.1, 0.15) is 12.2 Å². The van der Waals surface area contributed by atoms with Crippen molar-refractivity contribution in [2.45, 2.75) is 226 Å². The molecule has 0 aromatic heterocycles. The van der Waals surface area contributed by atoms with E-state index >= 15 is 0 Å².